The zero-order valence-corrected chi connectivity index (χ0v) is 9.82. The Morgan fingerprint density at radius 1 is 1.44 bits per heavy atom. The Bertz CT molecular complexity index is 707. The molecule has 0 saturated carbocycles. The number of terminal acetylenes is 1. The Morgan fingerprint density at radius 2 is 2.22 bits per heavy atom. The quantitative estimate of drug-likeness (QED) is 0.639. The first kappa shape index (κ1) is 11.9. The van der Waals surface area contributed by atoms with Crippen LogP contribution in [0, 0.1) is 19.3 Å². The zero-order chi connectivity index (χ0) is 13.1. The zero-order valence-electron chi connectivity index (χ0n) is 9.82. The van der Waals surface area contributed by atoms with E-state index in [1.54, 1.807) is 12.1 Å². The molecule has 4 heteroatoms. The predicted octanol–water partition coefficient (Wildman–Crippen LogP) is 1.46. The van der Waals surface area contributed by atoms with Crippen molar-refractivity contribution in [1.29, 1.82) is 0 Å². The molecule has 2 aromatic rings. The molecule has 0 saturated heterocycles. The predicted molar refractivity (Wildman–Crippen MR) is 68.4 cm³/mol. The normalized spacial score (nSPS) is 10.0. The smallest absolute Gasteiger partial charge is 0.336 e. The molecule has 1 aromatic heterocycles. The van der Waals surface area contributed by atoms with Gasteiger partial charge in [0.15, 0.2) is 0 Å². The van der Waals surface area contributed by atoms with E-state index in [1.165, 1.54) is 12.1 Å². The molecule has 0 fully saturated rings. The van der Waals surface area contributed by atoms with Crippen LogP contribution in [0.15, 0.2) is 33.5 Å². The van der Waals surface area contributed by atoms with Gasteiger partial charge in [-0.1, -0.05) is 12.0 Å². The number of carbonyl (C=O) groups excluding carboxylic acids is 1. The molecule has 1 heterocycles. The van der Waals surface area contributed by atoms with Crippen molar-refractivity contribution < 1.29 is 9.21 Å². The van der Waals surface area contributed by atoms with Crippen LogP contribution in [0.2, 0.25) is 0 Å². The second-order valence-electron chi connectivity index (χ2n) is 3.85. The van der Waals surface area contributed by atoms with Crippen LogP contribution in [-0.4, -0.2) is 12.5 Å². The summed E-state index contributed by atoms with van der Waals surface area (Å²) in [5.41, 5.74) is 1.19. The molecule has 0 aliphatic carbocycles. The van der Waals surface area contributed by atoms with Crippen molar-refractivity contribution in [2.24, 2.45) is 0 Å². The fourth-order valence-corrected chi connectivity index (χ4v) is 1.70. The highest BCUT2D eigenvalue weighted by molar-refractivity contribution is 5.97. The van der Waals surface area contributed by atoms with Gasteiger partial charge in [-0.25, -0.2) is 4.79 Å². The monoisotopic (exact) mass is 241 g/mol. The highest BCUT2D eigenvalue weighted by atomic mass is 16.4. The molecule has 0 aliphatic heterocycles. The molecule has 1 N–H and O–H groups in total. The van der Waals surface area contributed by atoms with Crippen molar-refractivity contribution in [1.82, 2.24) is 5.32 Å². The summed E-state index contributed by atoms with van der Waals surface area (Å²) in [6.07, 6.45) is 5.06. The lowest BCUT2D eigenvalue weighted by Gasteiger charge is -2.04. The Labute approximate surface area is 104 Å². The van der Waals surface area contributed by atoms with E-state index < -0.39 is 5.63 Å². The van der Waals surface area contributed by atoms with Gasteiger partial charge in [-0.15, -0.1) is 6.42 Å². The summed E-state index contributed by atoms with van der Waals surface area (Å²) in [6, 6.07) is 6.37. The fourth-order valence-electron chi connectivity index (χ4n) is 1.70. The molecule has 2 rings (SSSR count). The van der Waals surface area contributed by atoms with Gasteiger partial charge in [0.25, 0.3) is 5.91 Å². The number of rotatable bonds is 2. The van der Waals surface area contributed by atoms with Gasteiger partial charge < -0.3 is 9.73 Å². The molecule has 0 bridgehead atoms. The number of amides is 1. The molecule has 1 aromatic carbocycles. The molecule has 0 radical (unpaired) electrons. The van der Waals surface area contributed by atoms with Crippen LogP contribution < -0.4 is 10.9 Å². The van der Waals surface area contributed by atoms with Crippen LogP contribution in [0.25, 0.3) is 11.0 Å². The van der Waals surface area contributed by atoms with E-state index in [1.807, 2.05) is 6.92 Å². The second-order valence-corrected chi connectivity index (χ2v) is 3.85. The summed E-state index contributed by atoms with van der Waals surface area (Å²) in [6.45, 7) is 1.98. The maximum atomic E-state index is 11.7. The average Bonchev–Trinajstić information content (AvgIpc) is 2.34. The van der Waals surface area contributed by atoms with Crippen molar-refractivity contribution in [2.45, 2.75) is 6.92 Å². The third kappa shape index (κ3) is 2.25. The molecule has 90 valence electrons. The van der Waals surface area contributed by atoms with Crippen LogP contribution >= 0.6 is 0 Å². The molecule has 4 nitrogen and oxygen atoms in total. The van der Waals surface area contributed by atoms with Crippen molar-refractivity contribution in [3.8, 4) is 12.3 Å². The summed E-state index contributed by atoms with van der Waals surface area (Å²) >= 11 is 0. The van der Waals surface area contributed by atoms with Crippen LogP contribution in [0.5, 0.6) is 0 Å². The van der Waals surface area contributed by atoms with Crippen molar-refractivity contribution >= 4 is 16.9 Å². The number of fused-ring (bicyclic) bond motifs is 1. The fraction of sp³-hybridized carbons (Fsp3) is 0.143. The van der Waals surface area contributed by atoms with Gasteiger partial charge in [-0.05, 0) is 24.6 Å². The SMILES string of the molecule is C#CCNC(=O)c1ccc2c(C)cc(=O)oc2c1. The maximum Gasteiger partial charge on any atom is 0.336 e. The van der Waals surface area contributed by atoms with Crippen LogP contribution in [0.1, 0.15) is 15.9 Å². The van der Waals surface area contributed by atoms with E-state index in [9.17, 15) is 9.59 Å². The van der Waals surface area contributed by atoms with Crippen LogP contribution in [-0.2, 0) is 0 Å². The number of carbonyl (C=O) groups is 1. The van der Waals surface area contributed by atoms with Crippen molar-refractivity contribution in [3.05, 3.63) is 45.8 Å². The highest BCUT2D eigenvalue weighted by Gasteiger charge is 2.08. The van der Waals surface area contributed by atoms with Crippen LogP contribution in [0.3, 0.4) is 0 Å². The van der Waals surface area contributed by atoms with Crippen molar-refractivity contribution in [2.75, 3.05) is 6.54 Å². The largest absolute Gasteiger partial charge is 0.423 e. The van der Waals surface area contributed by atoms with Crippen LogP contribution in [0.4, 0.5) is 0 Å². The molecule has 1 amide bonds. The topological polar surface area (TPSA) is 59.3 Å². The van der Waals surface area contributed by atoms with Gasteiger partial charge in [0.05, 0.1) is 6.54 Å². The molecular weight excluding hydrogens is 230 g/mol. The van der Waals surface area contributed by atoms with E-state index in [2.05, 4.69) is 11.2 Å². The van der Waals surface area contributed by atoms with Gasteiger partial charge in [0.2, 0.25) is 0 Å². The molecular formula is C14H11NO3. The van der Waals surface area contributed by atoms with Gasteiger partial charge in [-0.3, -0.25) is 4.79 Å². The third-order valence-corrected chi connectivity index (χ3v) is 2.56. The lowest BCUT2D eigenvalue weighted by atomic mass is 10.1. The first-order valence-corrected chi connectivity index (χ1v) is 5.38. The van der Waals surface area contributed by atoms with E-state index >= 15 is 0 Å². The van der Waals surface area contributed by atoms with Gasteiger partial charge in [-0.2, -0.15) is 0 Å². The Kier molecular flexibility index (Phi) is 3.16. The summed E-state index contributed by atoms with van der Waals surface area (Å²) in [5.74, 6) is 2.03. The van der Waals surface area contributed by atoms with E-state index in [0.29, 0.717) is 11.1 Å². The standard InChI is InChI=1S/C14H11NO3/c1-3-6-15-14(17)10-4-5-11-9(2)7-13(16)18-12(11)8-10/h1,4-5,7-8H,6H2,2H3,(H,15,17). The van der Waals surface area contributed by atoms with Crippen molar-refractivity contribution in [3.63, 3.8) is 0 Å². The molecule has 0 atom stereocenters. The summed E-state index contributed by atoms with van der Waals surface area (Å²) < 4.78 is 5.06. The Balaban J connectivity index is 2.48. The number of hydrogen-bond acceptors (Lipinski definition) is 3. The Hall–Kier alpha value is -2.54. The average molecular weight is 241 g/mol. The lowest BCUT2D eigenvalue weighted by molar-refractivity contribution is 0.0958. The molecule has 0 aliphatic rings. The minimum atomic E-state index is -0.429. The third-order valence-electron chi connectivity index (χ3n) is 2.56. The maximum absolute atomic E-state index is 11.7. The summed E-state index contributed by atoms with van der Waals surface area (Å²) in [5, 5.41) is 3.36. The second kappa shape index (κ2) is 4.76. The minimum absolute atomic E-state index is 0.161. The molecule has 0 spiro atoms. The summed E-state index contributed by atoms with van der Waals surface area (Å²) in [4.78, 5) is 23.0. The number of aryl methyl sites for hydroxylation is 1. The van der Waals surface area contributed by atoms with Gasteiger partial charge >= 0.3 is 5.63 Å². The Morgan fingerprint density at radius 3 is 2.94 bits per heavy atom. The number of benzene rings is 1. The first-order valence-electron chi connectivity index (χ1n) is 5.38. The van der Waals surface area contributed by atoms with E-state index in [-0.39, 0.29) is 12.5 Å². The molecule has 18 heavy (non-hydrogen) atoms. The van der Waals surface area contributed by atoms with E-state index in [4.69, 9.17) is 10.8 Å². The van der Waals surface area contributed by atoms with Gasteiger partial charge in [0.1, 0.15) is 5.58 Å². The number of hydrogen-bond donors (Lipinski definition) is 1. The molecule has 0 unspecified atom stereocenters. The first-order chi connectivity index (χ1) is 8.61. The highest BCUT2D eigenvalue weighted by Crippen LogP contribution is 2.17. The van der Waals surface area contributed by atoms with Gasteiger partial charge in [0, 0.05) is 17.0 Å². The number of nitrogens with one attached hydrogen (secondary N) is 1. The van der Waals surface area contributed by atoms with E-state index in [0.717, 1.165) is 10.9 Å². The summed E-state index contributed by atoms with van der Waals surface area (Å²) in [7, 11) is 0. The minimum Gasteiger partial charge on any atom is -0.423 e. The lowest BCUT2D eigenvalue weighted by Crippen LogP contribution is -2.23.